The Hall–Kier alpha value is -2.74. The van der Waals surface area contributed by atoms with Crippen LogP contribution in [0.5, 0.6) is 0 Å². The quantitative estimate of drug-likeness (QED) is 0.440. The van der Waals surface area contributed by atoms with Gasteiger partial charge in [0.25, 0.3) is 5.69 Å². The number of aromatic nitrogens is 2. The number of carbonyl (C=O) groups is 1. The first kappa shape index (κ1) is 19.0. The van der Waals surface area contributed by atoms with Crippen LogP contribution in [0, 0.1) is 16.0 Å². The van der Waals surface area contributed by atoms with E-state index >= 15 is 0 Å². The third-order valence-electron chi connectivity index (χ3n) is 5.24. The predicted molar refractivity (Wildman–Crippen MR) is 103 cm³/mol. The van der Waals surface area contributed by atoms with Gasteiger partial charge < -0.3 is 14.4 Å². The molecular formula is C19H25N5O3. The summed E-state index contributed by atoms with van der Waals surface area (Å²) in [5.41, 5.74) is 0.758. The van der Waals surface area contributed by atoms with Crippen LogP contribution in [0.15, 0.2) is 30.6 Å². The number of aryl methyl sites for hydroxylation is 1. The summed E-state index contributed by atoms with van der Waals surface area (Å²) < 4.78 is 1.61. The number of piperidine rings is 1. The highest BCUT2D eigenvalue weighted by molar-refractivity contribution is 6.07. The first-order chi connectivity index (χ1) is 12.9. The van der Waals surface area contributed by atoms with Gasteiger partial charge in [-0.1, -0.05) is 0 Å². The zero-order chi connectivity index (χ0) is 19.6. The summed E-state index contributed by atoms with van der Waals surface area (Å²) in [5, 5.41) is 11.6. The Balaban J connectivity index is 1.82. The molecule has 8 heteroatoms. The number of benzene rings is 1. The largest absolute Gasteiger partial charge is 0.369 e. The van der Waals surface area contributed by atoms with Crippen molar-refractivity contribution >= 4 is 17.2 Å². The van der Waals surface area contributed by atoms with E-state index in [1.54, 1.807) is 29.9 Å². The van der Waals surface area contributed by atoms with Crippen LogP contribution < -0.4 is 4.90 Å². The second-order valence-electron chi connectivity index (χ2n) is 7.28. The second-order valence-corrected chi connectivity index (χ2v) is 7.28. The molecule has 1 fully saturated rings. The van der Waals surface area contributed by atoms with Gasteiger partial charge in [0.05, 0.1) is 4.92 Å². The van der Waals surface area contributed by atoms with Gasteiger partial charge in [0.1, 0.15) is 5.69 Å². The average molecular weight is 371 g/mol. The van der Waals surface area contributed by atoms with Crippen molar-refractivity contribution in [2.45, 2.75) is 12.8 Å². The van der Waals surface area contributed by atoms with E-state index in [-0.39, 0.29) is 22.9 Å². The molecule has 0 aliphatic carbocycles. The maximum Gasteiger partial charge on any atom is 0.293 e. The molecule has 1 aliphatic heterocycles. The highest BCUT2D eigenvalue weighted by atomic mass is 16.6. The highest BCUT2D eigenvalue weighted by Gasteiger charge is 2.24. The van der Waals surface area contributed by atoms with Crippen LogP contribution in [0.25, 0.3) is 0 Å². The van der Waals surface area contributed by atoms with Crippen molar-refractivity contribution in [2.24, 2.45) is 13.0 Å². The minimum absolute atomic E-state index is 0.0505. The average Bonchev–Trinajstić information content (AvgIpc) is 3.08. The summed E-state index contributed by atoms with van der Waals surface area (Å²) >= 11 is 0. The fraction of sp³-hybridized carbons (Fsp3) is 0.474. The van der Waals surface area contributed by atoms with E-state index < -0.39 is 4.92 Å². The molecule has 0 radical (unpaired) electrons. The van der Waals surface area contributed by atoms with Gasteiger partial charge in [0.2, 0.25) is 5.78 Å². The van der Waals surface area contributed by atoms with Crippen molar-refractivity contribution < 1.29 is 9.72 Å². The van der Waals surface area contributed by atoms with Crippen molar-refractivity contribution in [1.82, 2.24) is 14.5 Å². The molecule has 0 saturated carbocycles. The summed E-state index contributed by atoms with van der Waals surface area (Å²) in [5.74, 6) is 0.450. The van der Waals surface area contributed by atoms with Crippen LogP contribution in [0.3, 0.4) is 0 Å². The molecule has 0 unspecified atom stereocenters. The lowest BCUT2D eigenvalue weighted by atomic mass is 9.96. The Morgan fingerprint density at radius 3 is 2.63 bits per heavy atom. The van der Waals surface area contributed by atoms with Gasteiger partial charge in [-0.2, -0.15) is 0 Å². The van der Waals surface area contributed by atoms with E-state index in [2.05, 4.69) is 16.9 Å². The Bertz CT molecular complexity index is 840. The molecule has 0 amide bonds. The van der Waals surface area contributed by atoms with Crippen molar-refractivity contribution in [1.29, 1.82) is 0 Å². The number of ketones is 1. The lowest BCUT2D eigenvalue weighted by Crippen LogP contribution is -2.35. The topological polar surface area (TPSA) is 84.5 Å². The molecule has 2 aromatic rings. The molecule has 0 N–H and O–H groups in total. The number of nitro groups is 1. The first-order valence-electron chi connectivity index (χ1n) is 9.07. The molecular weight excluding hydrogens is 346 g/mol. The fourth-order valence-electron chi connectivity index (χ4n) is 3.58. The van der Waals surface area contributed by atoms with Crippen LogP contribution in [0.2, 0.25) is 0 Å². The number of rotatable bonds is 6. The standard InChI is InChI=1S/C19H25N5O3/c1-21-9-6-14(7-10-21)13-23(3)16-5-4-15(12-17(16)24(26)27)18(25)19-20-8-11-22(19)2/h4-5,8,11-12,14H,6-7,9-10,13H2,1-3H3. The number of likely N-dealkylation sites (tertiary alicyclic amines) is 1. The number of nitro benzene ring substituents is 1. The zero-order valence-corrected chi connectivity index (χ0v) is 16.0. The molecule has 8 nitrogen and oxygen atoms in total. The van der Waals surface area contributed by atoms with Crippen molar-refractivity contribution in [3.8, 4) is 0 Å². The van der Waals surface area contributed by atoms with Crippen LogP contribution in [-0.2, 0) is 7.05 Å². The predicted octanol–water partition coefficient (Wildman–Crippen LogP) is 2.34. The maximum atomic E-state index is 12.6. The van der Waals surface area contributed by atoms with Gasteiger partial charge in [-0.25, -0.2) is 4.98 Å². The van der Waals surface area contributed by atoms with Gasteiger partial charge in [0.15, 0.2) is 5.82 Å². The summed E-state index contributed by atoms with van der Waals surface area (Å²) in [7, 11) is 5.71. The minimum atomic E-state index is -0.421. The summed E-state index contributed by atoms with van der Waals surface area (Å²) in [6, 6.07) is 4.67. The lowest BCUT2D eigenvalue weighted by molar-refractivity contribution is -0.384. The van der Waals surface area contributed by atoms with Gasteiger partial charge in [-0.15, -0.1) is 0 Å². The van der Waals surface area contributed by atoms with Crippen LogP contribution in [0.1, 0.15) is 29.0 Å². The molecule has 27 heavy (non-hydrogen) atoms. The van der Waals surface area contributed by atoms with E-state index in [9.17, 15) is 14.9 Å². The van der Waals surface area contributed by atoms with Crippen molar-refractivity contribution in [3.05, 3.63) is 52.1 Å². The molecule has 144 valence electrons. The molecule has 1 aliphatic rings. The minimum Gasteiger partial charge on any atom is -0.369 e. The van der Waals surface area contributed by atoms with E-state index in [4.69, 9.17) is 0 Å². The number of imidazole rings is 1. The Kier molecular flexibility index (Phi) is 5.55. The SMILES string of the molecule is CN1CCC(CN(C)c2ccc(C(=O)c3nccn3C)cc2[N+](=O)[O-])CC1. The number of nitrogens with zero attached hydrogens (tertiary/aromatic N) is 5. The number of hydrogen-bond acceptors (Lipinski definition) is 6. The van der Waals surface area contributed by atoms with Crippen LogP contribution in [-0.4, -0.2) is 58.9 Å². The zero-order valence-electron chi connectivity index (χ0n) is 16.0. The summed E-state index contributed by atoms with van der Waals surface area (Å²) in [6.07, 6.45) is 5.38. The molecule has 2 heterocycles. The van der Waals surface area contributed by atoms with Crippen LogP contribution >= 0.6 is 0 Å². The number of hydrogen-bond donors (Lipinski definition) is 0. The fourth-order valence-corrected chi connectivity index (χ4v) is 3.58. The molecule has 1 saturated heterocycles. The molecule has 0 spiro atoms. The van der Waals surface area contributed by atoms with E-state index in [1.807, 2.05) is 11.9 Å². The third kappa shape index (κ3) is 4.16. The smallest absolute Gasteiger partial charge is 0.293 e. The Labute approximate surface area is 158 Å². The van der Waals surface area contributed by atoms with Crippen molar-refractivity contribution in [3.63, 3.8) is 0 Å². The Morgan fingerprint density at radius 2 is 2.04 bits per heavy atom. The lowest BCUT2D eigenvalue weighted by Gasteiger charge is -2.32. The Morgan fingerprint density at radius 1 is 1.33 bits per heavy atom. The molecule has 1 aromatic heterocycles. The summed E-state index contributed by atoms with van der Waals surface area (Å²) in [6.45, 7) is 2.87. The van der Waals surface area contributed by atoms with Gasteiger partial charge in [-0.3, -0.25) is 14.9 Å². The molecule has 3 rings (SSSR count). The normalized spacial score (nSPS) is 15.7. The second kappa shape index (κ2) is 7.87. The van der Waals surface area contributed by atoms with Gasteiger partial charge in [-0.05, 0) is 51.0 Å². The van der Waals surface area contributed by atoms with E-state index in [0.29, 0.717) is 11.6 Å². The van der Waals surface area contributed by atoms with Crippen molar-refractivity contribution in [2.75, 3.05) is 38.6 Å². The third-order valence-corrected chi connectivity index (χ3v) is 5.24. The molecule has 0 bridgehead atoms. The van der Waals surface area contributed by atoms with Gasteiger partial charge >= 0.3 is 0 Å². The number of anilines is 1. The highest BCUT2D eigenvalue weighted by Crippen LogP contribution is 2.31. The maximum absolute atomic E-state index is 12.6. The summed E-state index contributed by atoms with van der Waals surface area (Å²) in [4.78, 5) is 32.1. The monoisotopic (exact) mass is 371 g/mol. The molecule has 1 aromatic carbocycles. The van der Waals surface area contributed by atoms with Crippen LogP contribution in [0.4, 0.5) is 11.4 Å². The van der Waals surface area contributed by atoms with Gasteiger partial charge in [0, 0.05) is 44.7 Å². The first-order valence-corrected chi connectivity index (χ1v) is 9.07. The number of carbonyl (C=O) groups excluding carboxylic acids is 1. The molecule has 0 atom stereocenters. The van der Waals surface area contributed by atoms with E-state index in [1.165, 1.54) is 12.3 Å². The van der Waals surface area contributed by atoms with E-state index in [0.717, 1.165) is 32.5 Å².